The fourth-order valence-corrected chi connectivity index (χ4v) is 2.11. The number of rotatable bonds is 4. The minimum atomic E-state index is -4.33. The van der Waals surface area contributed by atoms with Crippen LogP contribution in [0.25, 0.3) is 0 Å². The molecule has 0 aliphatic heterocycles. The molecule has 104 valence electrons. The van der Waals surface area contributed by atoms with Gasteiger partial charge in [0.05, 0.1) is 0 Å². The van der Waals surface area contributed by atoms with Gasteiger partial charge in [-0.05, 0) is 48.7 Å². The summed E-state index contributed by atoms with van der Waals surface area (Å²) >= 11 is -0.201. The Bertz CT molecular complexity index is 461. The zero-order valence-corrected chi connectivity index (χ0v) is 10.8. The number of thioether (sulfide) groups is 1. The van der Waals surface area contributed by atoms with Gasteiger partial charge in [-0.3, -0.25) is 0 Å². The first-order chi connectivity index (χ1) is 8.92. The quantitative estimate of drug-likeness (QED) is 0.827. The molecule has 0 bridgehead atoms. The maximum atomic E-state index is 12.2. The van der Waals surface area contributed by atoms with Crippen LogP contribution in [0, 0.1) is 5.92 Å². The van der Waals surface area contributed by atoms with Crippen molar-refractivity contribution in [2.75, 3.05) is 11.9 Å². The number of hydrogen-bond donors (Lipinski definition) is 2. The Morgan fingerprint density at radius 1 is 1.37 bits per heavy atom. The van der Waals surface area contributed by atoms with Gasteiger partial charge in [0.1, 0.15) is 0 Å². The van der Waals surface area contributed by atoms with Crippen molar-refractivity contribution in [3.8, 4) is 0 Å². The fourth-order valence-electron chi connectivity index (χ4n) is 1.51. The van der Waals surface area contributed by atoms with Crippen LogP contribution in [0.15, 0.2) is 29.2 Å². The first-order valence-electron chi connectivity index (χ1n) is 5.83. The second kappa shape index (κ2) is 5.73. The molecule has 2 rings (SSSR count). The average Bonchev–Trinajstić information content (AvgIpc) is 3.08. The molecule has 0 aromatic heterocycles. The van der Waals surface area contributed by atoms with Crippen LogP contribution in [0.2, 0.25) is 0 Å². The molecule has 1 aliphatic carbocycles. The third-order valence-corrected chi connectivity index (χ3v) is 3.29. The van der Waals surface area contributed by atoms with E-state index in [-0.39, 0.29) is 22.7 Å². The Labute approximate surface area is 112 Å². The van der Waals surface area contributed by atoms with Crippen LogP contribution in [0.5, 0.6) is 0 Å². The maximum Gasteiger partial charge on any atom is 0.446 e. The largest absolute Gasteiger partial charge is 0.446 e. The molecule has 0 radical (unpaired) electrons. The van der Waals surface area contributed by atoms with E-state index in [0.29, 0.717) is 18.2 Å². The molecule has 0 atom stereocenters. The Morgan fingerprint density at radius 2 is 2.11 bits per heavy atom. The summed E-state index contributed by atoms with van der Waals surface area (Å²) in [4.78, 5) is 11.5. The van der Waals surface area contributed by atoms with Gasteiger partial charge in [0, 0.05) is 17.1 Å². The number of carbonyl (C=O) groups excluding carboxylic acids is 1. The molecule has 2 N–H and O–H groups in total. The number of urea groups is 1. The molecule has 0 spiro atoms. The lowest BCUT2D eigenvalue weighted by atomic mass is 10.3. The highest BCUT2D eigenvalue weighted by atomic mass is 32.2. The monoisotopic (exact) mass is 290 g/mol. The number of nitrogens with one attached hydrogen (secondary N) is 2. The van der Waals surface area contributed by atoms with Crippen LogP contribution >= 0.6 is 11.8 Å². The third-order valence-electron chi connectivity index (χ3n) is 2.57. The predicted octanol–water partition coefficient (Wildman–Crippen LogP) is 3.83. The number of halogens is 3. The van der Waals surface area contributed by atoms with Crippen molar-refractivity contribution in [1.29, 1.82) is 0 Å². The lowest BCUT2D eigenvalue weighted by Gasteiger charge is -2.09. The van der Waals surface area contributed by atoms with Crippen LogP contribution in [-0.4, -0.2) is 18.1 Å². The first kappa shape index (κ1) is 14.0. The SMILES string of the molecule is O=C(NCC1CC1)Nc1cccc(SC(F)(F)F)c1. The maximum absolute atomic E-state index is 12.2. The summed E-state index contributed by atoms with van der Waals surface area (Å²) in [6.45, 7) is 0.614. The van der Waals surface area contributed by atoms with Crippen LogP contribution < -0.4 is 10.6 Å². The van der Waals surface area contributed by atoms with Gasteiger partial charge >= 0.3 is 11.5 Å². The van der Waals surface area contributed by atoms with E-state index >= 15 is 0 Å². The van der Waals surface area contributed by atoms with E-state index in [4.69, 9.17) is 0 Å². The number of amides is 2. The van der Waals surface area contributed by atoms with Gasteiger partial charge < -0.3 is 10.6 Å². The normalized spacial score (nSPS) is 15.1. The molecule has 1 aromatic carbocycles. The predicted molar refractivity (Wildman–Crippen MR) is 68.1 cm³/mol. The molecule has 1 aliphatic rings. The van der Waals surface area contributed by atoms with E-state index < -0.39 is 5.51 Å². The van der Waals surface area contributed by atoms with Crippen molar-refractivity contribution in [1.82, 2.24) is 5.32 Å². The van der Waals surface area contributed by atoms with Gasteiger partial charge in [-0.25, -0.2) is 4.79 Å². The van der Waals surface area contributed by atoms with E-state index in [2.05, 4.69) is 10.6 Å². The summed E-state index contributed by atoms with van der Waals surface area (Å²) in [5.74, 6) is 0.554. The summed E-state index contributed by atoms with van der Waals surface area (Å²) in [6, 6.07) is 5.29. The Morgan fingerprint density at radius 3 is 2.74 bits per heavy atom. The molecule has 0 heterocycles. The van der Waals surface area contributed by atoms with Gasteiger partial charge in [-0.15, -0.1) is 0 Å². The molecule has 19 heavy (non-hydrogen) atoms. The van der Waals surface area contributed by atoms with Crippen LogP contribution in [0.3, 0.4) is 0 Å². The number of benzene rings is 1. The smallest absolute Gasteiger partial charge is 0.338 e. The molecule has 1 fully saturated rings. The second-order valence-electron chi connectivity index (χ2n) is 4.35. The van der Waals surface area contributed by atoms with Crippen LogP contribution in [-0.2, 0) is 0 Å². The summed E-state index contributed by atoms with van der Waals surface area (Å²) in [5, 5.41) is 5.20. The first-order valence-corrected chi connectivity index (χ1v) is 6.65. The van der Waals surface area contributed by atoms with Gasteiger partial charge in [0.2, 0.25) is 0 Å². The van der Waals surface area contributed by atoms with E-state index in [0.717, 1.165) is 12.8 Å². The Hall–Kier alpha value is -1.37. The van der Waals surface area contributed by atoms with Crippen LogP contribution in [0.4, 0.5) is 23.7 Å². The van der Waals surface area contributed by atoms with E-state index in [1.165, 1.54) is 18.2 Å². The minimum absolute atomic E-state index is 0.0486. The van der Waals surface area contributed by atoms with Gasteiger partial charge in [0.25, 0.3) is 0 Å². The van der Waals surface area contributed by atoms with Gasteiger partial charge in [-0.2, -0.15) is 13.2 Å². The topological polar surface area (TPSA) is 41.1 Å². The van der Waals surface area contributed by atoms with Gasteiger partial charge in [-0.1, -0.05) is 6.07 Å². The molecule has 1 saturated carbocycles. The highest BCUT2D eigenvalue weighted by Crippen LogP contribution is 2.37. The highest BCUT2D eigenvalue weighted by molar-refractivity contribution is 8.00. The van der Waals surface area contributed by atoms with Crippen molar-refractivity contribution in [3.63, 3.8) is 0 Å². The zero-order valence-electron chi connectivity index (χ0n) is 9.96. The van der Waals surface area contributed by atoms with E-state index in [9.17, 15) is 18.0 Å². The van der Waals surface area contributed by atoms with Crippen molar-refractivity contribution in [3.05, 3.63) is 24.3 Å². The second-order valence-corrected chi connectivity index (χ2v) is 5.49. The number of anilines is 1. The van der Waals surface area contributed by atoms with E-state index in [1.807, 2.05) is 0 Å². The number of hydrogen-bond acceptors (Lipinski definition) is 2. The standard InChI is InChI=1S/C12H13F3N2OS/c13-12(14,15)19-10-3-1-2-9(6-10)17-11(18)16-7-8-4-5-8/h1-3,6,8H,4-5,7H2,(H2,16,17,18). The summed E-state index contributed by atoms with van der Waals surface area (Å²) in [6.07, 6.45) is 2.25. The molecule has 0 saturated heterocycles. The fraction of sp³-hybridized carbons (Fsp3) is 0.417. The van der Waals surface area contributed by atoms with Crippen molar-refractivity contribution in [2.24, 2.45) is 5.92 Å². The Kier molecular flexibility index (Phi) is 4.24. The minimum Gasteiger partial charge on any atom is -0.338 e. The van der Waals surface area contributed by atoms with Gasteiger partial charge in [0.15, 0.2) is 0 Å². The van der Waals surface area contributed by atoms with Crippen molar-refractivity contribution < 1.29 is 18.0 Å². The van der Waals surface area contributed by atoms with Crippen LogP contribution in [0.1, 0.15) is 12.8 Å². The lowest BCUT2D eigenvalue weighted by Crippen LogP contribution is -2.30. The molecular weight excluding hydrogens is 277 g/mol. The zero-order chi connectivity index (χ0) is 13.9. The molecule has 2 amide bonds. The molecule has 1 aromatic rings. The summed E-state index contributed by atoms with van der Waals surface area (Å²) < 4.78 is 36.6. The lowest BCUT2D eigenvalue weighted by molar-refractivity contribution is -0.0328. The third kappa shape index (κ3) is 5.42. The number of alkyl halides is 3. The van der Waals surface area contributed by atoms with Crippen molar-refractivity contribution >= 4 is 23.5 Å². The number of carbonyl (C=O) groups is 1. The summed E-state index contributed by atoms with van der Waals surface area (Å²) in [7, 11) is 0. The van der Waals surface area contributed by atoms with E-state index in [1.54, 1.807) is 6.07 Å². The molecule has 0 unspecified atom stereocenters. The molecule has 7 heteroatoms. The highest BCUT2D eigenvalue weighted by Gasteiger charge is 2.29. The molecular formula is C12H13F3N2OS. The average molecular weight is 290 g/mol. The molecule has 3 nitrogen and oxygen atoms in total. The Balaban J connectivity index is 1.88. The van der Waals surface area contributed by atoms with Crippen molar-refractivity contribution in [2.45, 2.75) is 23.2 Å². The summed E-state index contributed by atoms with van der Waals surface area (Å²) in [5.41, 5.74) is -3.98.